The second-order valence-electron chi connectivity index (χ2n) is 12.9. The van der Waals surface area contributed by atoms with Crippen LogP contribution < -0.4 is 4.74 Å². The monoisotopic (exact) mass is 780 g/mol. The first-order valence-electron chi connectivity index (χ1n) is 16.4. The number of likely N-dealkylation sites (tertiary alicyclic amines) is 1. The lowest BCUT2D eigenvalue weighted by molar-refractivity contribution is -0.771. The lowest BCUT2D eigenvalue weighted by Crippen LogP contribution is -2.74. The summed E-state index contributed by atoms with van der Waals surface area (Å²) in [6.45, 7) is 3.09. The van der Waals surface area contributed by atoms with Crippen LogP contribution in [-0.2, 0) is 33.6 Å². The first kappa shape index (κ1) is 39.0. The van der Waals surface area contributed by atoms with Crippen LogP contribution in [0.1, 0.15) is 90.5 Å². The summed E-state index contributed by atoms with van der Waals surface area (Å²) in [5, 5.41) is 1.45. The van der Waals surface area contributed by atoms with Gasteiger partial charge in [-0.25, -0.2) is 4.79 Å². The minimum absolute atomic E-state index is 0.0451. The number of carbonyl (C=O) groups is 2. The Kier molecular flexibility index (Phi) is 10.9. The fourth-order valence-electron chi connectivity index (χ4n) is 7.61. The third-order valence-corrected chi connectivity index (χ3v) is 12.7. The first-order valence-corrected chi connectivity index (χ1v) is 19.5. The number of benzene rings is 1. The zero-order valence-electron chi connectivity index (χ0n) is 28.0. The average molecular weight is 781 g/mol. The van der Waals surface area contributed by atoms with E-state index in [0.717, 1.165) is 34.4 Å². The molecule has 0 N–H and O–H groups in total. The van der Waals surface area contributed by atoms with Gasteiger partial charge in [0.25, 0.3) is 5.91 Å². The lowest BCUT2D eigenvalue weighted by atomic mass is 9.78. The molecule has 4 atom stereocenters. The highest BCUT2D eigenvalue weighted by molar-refractivity contribution is 7.85. The van der Waals surface area contributed by atoms with E-state index in [-0.39, 0.29) is 57.4 Å². The van der Waals surface area contributed by atoms with Crippen LogP contribution in [0.5, 0.6) is 5.75 Å². The number of carbonyl (C=O) groups excluding carboxylic acids is 2. The summed E-state index contributed by atoms with van der Waals surface area (Å²) in [4.78, 5) is 33.7. The number of hydrogen-bond acceptors (Lipinski definition) is 7. The van der Waals surface area contributed by atoms with Crippen LogP contribution in [0.3, 0.4) is 0 Å². The maximum absolute atomic E-state index is 15.7. The number of nitrogens with zero attached hydrogens (tertiary/aromatic N) is 3. The summed E-state index contributed by atoms with van der Waals surface area (Å²) < 4.78 is 117. The molecule has 4 heterocycles. The molecular weight excluding hydrogens is 744 g/mol. The number of pyridine rings is 1. The second-order valence-corrected chi connectivity index (χ2v) is 16.4. The molecule has 1 fully saturated rings. The van der Waals surface area contributed by atoms with Gasteiger partial charge in [0.2, 0.25) is 5.60 Å². The number of aromatic nitrogens is 1. The molecule has 17 heteroatoms. The number of hydrogen-bond donors (Lipinski definition) is 0. The lowest BCUT2D eigenvalue weighted by Gasteiger charge is -2.52. The quantitative estimate of drug-likeness (QED) is 0.160. The van der Waals surface area contributed by atoms with E-state index in [9.17, 15) is 39.6 Å². The number of amides is 2. The Hall–Kier alpha value is -3.21. The Balaban J connectivity index is 1.77. The van der Waals surface area contributed by atoms with Crippen molar-refractivity contribution in [2.45, 2.75) is 88.8 Å². The molecule has 0 radical (unpaired) electrons. The molecule has 2 aromatic heterocycles. The SMILES string of the molecule is CCCC1c2ccc(Cl)cc2CC[N+]1(C(=O)[C@]1(Oc2csc(C(F)(F)F)c2)CCCN(C(=O)c2ncccc2C(F)(F)F)[C@@H]1CCC)S(C)(=O)=O. The number of fused-ring (bicyclic) bond motifs is 1. The van der Waals surface area contributed by atoms with Crippen molar-refractivity contribution < 1.29 is 53.0 Å². The molecule has 1 aromatic carbocycles. The van der Waals surface area contributed by atoms with E-state index in [2.05, 4.69) is 4.98 Å². The highest BCUT2D eigenvalue weighted by Gasteiger charge is 2.67. The van der Waals surface area contributed by atoms with Gasteiger partial charge in [-0.2, -0.15) is 34.8 Å². The second kappa shape index (κ2) is 14.3. The van der Waals surface area contributed by atoms with Gasteiger partial charge in [0, 0.05) is 54.0 Å². The standard InChI is InChI=1S/C34H37ClF6N3O5S2/c1-4-8-26-24-12-11-22(35)18-21(24)13-17-44(26,51(3,47)48)31(46)32(49-23-19-28(50-20-23)34(39,40)41)14-7-16-43(27(32)9-5-2)30(45)29-25(33(36,37)38)10-6-15-42-29/h6,10-12,15,18-20,26-27H,4-5,7-9,13-14,16-17H2,1-3H3/q+1/t26?,27-,32+,44?/m1/s1. The Morgan fingerprint density at radius 3 is 2.39 bits per heavy atom. The van der Waals surface area contributed by atoms with Crippen molar-refractivity contribution in [2.75, 3.05) is 19.3 Å². The van der Waals surface area contributed by atoms with E-state index in [1.54, 1.807) is 25.1 Å². The van der Waals surface area contributed by atoms with Gasteiger partial charge in [-0.3, -0.25) is 9.78 Å². The molecule has 3 aromatic rings. The molecule has 2 amide bonds. The van der Waals surface area contributed by atoms with Crippen molar-refractivity contribution in [3.8, 4) is 5.75 Å². The summed E-state index contributed by atoms with van der Waals surface area (Å²) in [7, 11) is -4.43. The largest absolute Gasteiger partial charge is 0.470 e. The van der Waals surface area contributed by atoms with Crippen LogP contribution in [0.4, 0.5) is 26.3 Å². The summed E-state index contributed by atoms with van der Waals surface area (Å²) in [6, 6.07) is 4.98. The van der Waals surface area contributed by atoms with Crippen LogP contribution in [0.15, 0.2) is 48.0 Å². The summed E-state index contributed by atoms with van der Waals surface area (Å²) in [6.07, 6.45) is -7.15. The van der Waals surface area contributed by atoms with Crippen LogP contribution in [-0.4, -0.2) is 65.0 Å². The smallest absolute Gasteiger partial charge is 0.425 e. The van der Waals surface area contributed by atoms with E-state index in [1.165, 1.54) is 0 Å². The molecule has 2 aliphatic rings. The van der Waals surface area contributed by atoms with Crippen molar-refractivity contribution in [3.63, 3.8) is 0 Å². The van der Waals surface area contributed by atoms with Crippen LogP contribution >= 0.6 is 22.9 Å². The van der Waals surface area contributed by atoms with E-state index in [0.29, 0.717) is 40.5 Å². The highest BCUT2D eigenvalue weighted by atomic mass is 35.5. The summed E-state index contributed by atoms with van der Waals surface area (Å²) >= 11 is 6.59. The molecule has 8 nitrogen and oxygen atoms in total. The minimum Gasteiger partial charge on any atom is -0.470 e. The number of ether oxygens (including phenoxy) is 1. The van der Waals surface area contributed by atoms with Crippen molar-refractivity contribution >= 4 is 44.8 Å². The van der Waals surface area contributed by atoms with Gasteiger partial charge in [0.15, 0.2) is 0 Å². The van der Waals surface area contributed by atoms with Crippen LogP contribution in [0.2, 0.25) is 5.02 Å². The topological polar surface area (TPSA) is 93.6 Å². The summed E-state index contributed by atoms with van der Waals surface area (Å²) in [5.41, 5.74) is -3.26. The third-order valence-electron chi connectivity index (χ3n) is 9.70. The van der Waals surface area contributed by atoms with Crippen molar-refractivity contribution in [2.24, 2.45) is 0 Å². The average Bonchev–Trinajstić information content (AvgIpc) is 3.53. The molecule has 0 saturated carbocycles. The van der Waals surface area contributed by atoms with E-state index in [1.807, 2.05) is 6.92 Å². The van der Waals surface area contributed by atoms with Gasteiger partial charge in [-0.1, -0.05) is 44.4 Å². The Bertz CT molecular complexity index is 1900. The molecule has 1 saturated heterocycles. The van der Waals surface area contributed by atoms with Gasteiger partial charge in [0.1, 0.15) is 28.9 Å². The predicted molar refractivity (Wildman–Crippen MR) is 179 cm³/mol. The van der Waals surface area contributed by atoms with Crippen molar-refractivity contribution in [1.29, 1.82) is 0 Å². The maximum Gasteiger partial charge on any atom is 0.425 e. The molecule has 51 heavy (non-hydrogen) atoms. The molecule has 0 spiro atoms. The molecular formula is C34H37ClF6N3O5S2+. The van der Waals surface area contributed by atoms with Gasteiger partial charge in [0.05, 0.1) is 17.9 Å². The number of halogens is 7. The predicted octanol–water partition coefficient (Wildman–Crippen LogP) is 8.46. The van der Waals surface area contributed by atoms with E-state index >= 15 is 4.79 Å². The Morgan fingerprint density at radius 2 is 1.78 bits per heavy atom. The third kappa shape index (κ3) is 7.12. The van der Waals surface area contributed by atoms with Crippen molar-refractivity contribution in [3.05, 3.63) is 80.3 Å². The number of thiophene rings is 1. The fraction of sp³-hybridized carbons (Fsp3) is 0.500. The molecule has 0 bridgehead atoms. The highest BCUT2D eigenvalue weighted by Crippen LogP contribution is 2.49. The maximum atomic E-state index is 15.7. The number of rotatable bonds is 9. The number of alkyl halides is 6. The van der Waals surface area contributed by atoms with E-state index in [4.69, 9.17) is 16.3 Å². The molecule has 2 aliphatic heterocycles. The zero-order chi connectivity index (χ0) is 37.6. The fourth-order valence-corrected chi connectivity index (χ4v) is 10.0. The minimum atomic E-state index is -4.97. The molecule has 5 rings (SSSR count). The van der Waals surface area contributed by atoms with Gasteiger partial charge in [-0.05, 0) is 42.7 Å². The zero-order valence-corrected chi connectivity index (χ0v) is 30.4. The van der Waals surface area contributed by atoms with Gasteiger partial charge in [-0.15, -0.1) is 15.2 Å². The van der Waals surface area contributed by atoms with E-state index < -0.39 is 71.9 Å². The first-order chi connectivity index (χ1) is 23.8. The number of quaternary nitrogens is 1. The van der Waals surface area contributed by atoms with Crippen molar-refractivity contribution in [1.82, 2.24) is 9.88 Å². The molecule has 0 aliphatic carbocycles. The number of sulfonamides is 1. The molecule has 278 valence electrons. The normalized spacial score (nSPS) is 24.2. The van der Waals surface area contributed by atoms with Gasteiger partial charge < -0.3 is 9.64 Å². The Morgan fingerprint density at radius 1 is 1.08 bits per heavy atom. The number of piperidine rings is 1. The van der Waals surface area contributed by atoms with Crippen LogP contribution in [0.25, 0.3) is 0 Å². The Labute approximate surface area is 301 Å². The summed E-state index contributed by atoms with van der Waals surface area (Å²) in [5.74, 6) is -2.55. The molecule has 2 unspecified atom stereocenters. The van der Waals surface area contributed by atoms with Gasteiger partial charge >= 0.3 is 28.3 Å². The van der Waals surface area contributed by atoms with Crippen LogP contribution in [0, 0.1) is 0 Å².